The lowest BCUT2D eigenvalue weighted by molar-refractivity contribution is 0.280. The van der Waals surface area contributed by atoms with Gasteiger partial charge in [0.1, 0.15) is 0 Å². The highest BCUT2D eigenvalue weighted by Crippen LogP contribution is 2.22. The summed E-state index contributed by atoms with van der Waals surface area (Å²) in [6.45, 7) is 2.18. The van der Waals surface area contributed by atoms with E-state index in [0.717, 1.165) is 16.9 Å². The quantitative estimate of drug-likeness (QED) is 0.888. The van der Waals surface area contributed by atoms with Gasteiger partial charge >= 0.3 is 0 Å². The molecule has 0 fully saturated rings. The number of thiophene rings is 1. The molecule has 0 radical (unpaired) electrons. The molecule has 0 amide bonds. The molecular weight excluding hydrogens is 306 g/mol. The first-order valence-corrected chi connectivity index (χ1v) is 9.02. The summed E-state index contributed by atoms with van der Waals surface area (Å²) in [5, 5.41) is 11.3. The summed E-state index contributed by atoms with van der Waals surface area (Å²) in [7, 11) is -1.97. The molecule has 0 saturated heterocycles. The monoisotopic (exact) mass is 325 g/mol. The van der Waals surface area contributed by atoms with Gasteiger partial charge in [-0.2, -0.15) is 4.31 Å². The molecule has 1 heterocycles. The number of nitrogens with zero attached hydrogens (tertiary/aromatic N) is 1. The Kier molecular flexibility index (Phi) is 5.16. The van der Waals surface area contributed by atoms with Crippen molar-refractivity contribution in [3.8, 4) is 0 Å². The van der Waals surface area contributed by atoms with Crippen LogP contribution in [0.15, 0.2) is 40.6 Å². The van der Waals surface area contributed by atoms with Gasteiger partial charge < -0.3 is 5.11 Å². The maximum absolute atomic E-state index is 12.6. The fraction of sp³-hybridized carbons (Fsp3) is 0.333. The standard InChI is InChI=1S/C15H19NO3S2/c1-3-12-6-7-15(9-13(12)11-17)21(18,19)16(2)10-14-5-4-8-20-14/h4-9,17H,3,10-11H2,1-2H3. The molecule has 0 bridgehead atoms. The number of rotatable bonds is 6. The highest BCUT2D eigenvalue weighted by atomic mass is 32.2. The van der Waals surface area contributed by atoms with E-state index in [0.29, 0.717) is 12.1 Å². The van der Waals surface area contributed by atoms with Crippen LogP contribution in [-0.4, -0.2) is 24.9 Å². The first-order valence-electron chi connectivity index (χ1n) is 6.70. The van der Waals surface area contributed by atoms with E-state index in [9.17, 15) is 13.5 Å². The smallest absolute Gasteiger partial charge is 0.243 e. The third kappa shape index (κ3) is 3.52. The first-order chi connectivity index (χ1) is 9.98. The Hall–Kier alpha value is -1.21. The fourth-order valence-electron chi connectivity index (χ4n) is 2.14. The Morgan fingerprint density at radius 1 is 1.24 bits per heavy atom. The van der Waals surface area contributed by atoms with E-state index < -0.39 is 10.0 Å². The van der Waals surface area contributed by atoms with Gasteiger partial charge in [-0.3, -0.25) is 0 Å². The van der Waals surface area contributed by atoms with Crippen molar-refractivity contribution < 1.29 is 13.5 Å². The number of benzene rings is 1. The summed E-state index contributed by atoms with van der Waals surface area (Å²) in [6.07, 6.45) is 0.765. The number of aliphatic hydroxyl groups is 1. The highest BCUT2D eigenvalue weighted by molar-refractivity contribution is 7.89. The predicted molar refractivity (Wildman–Crippen MR) is 84.7 cm³/mol. The Balaban J connectivity index is 2.30. The molecule has 1 aromatic carbocycles. The summed E-state index contributed by atoms with van der Waals surface area (Å²) in [4.78, 5) is 1.22. The molecule has 0 atom stereocenters. The zero-order valence-electron chi connectivity index (χ0n) is 12.1. The van der Waals surface area contributed by atoms with Crippen LogP contribution in [0.4, 0.5) is 0 Å². The van der Waals surface area contributed by atoms with Gasteiger partial charge in [-0.05, 0) is 41.1 Å². The van der Waals surface area contributed by atoms with Crippen molar-refractivity contribution in [3.05, 3.63) is 51.7 Å². The van der Waals surface area contributed by atoms with Crippen molar-refractivity contribution in [1.82, 2.24) is 4.31 Å². The Bertz CT molecular complexity index is 694. The second-order valence-electron chi connectivity index (χ2n) is 4.78. The minimum absolute atomic E-state index is 0.152. The van der Waals surface area contributed by atoms with Crippen LogP contribution in [-0.2, 0) is 29.6 Å². The van der Waals surface area contributed by atoms with E-state index >= 15 is 0 Å². The molecule has 4 nitrogen and oxygen atoms in total. The van der Waals surface area contributed by atoms with E-state index in [4.69, 9.17) is 0 Å². The van der Waals surface area contributed by atoms with Crippen LogP contribution in [0, 0.1) is 0 Å². The fourth-order valence-corrected chi connectivity index (χ4v) is 4.18. The predicted octanol–water partition coefficient (Wildman–Crippen LogP) is 2.62. The Morgan fingerprint density at radius 3 is 2.57 bits per heavy atom. The average Bonchev–Trinajstić information content (AvgIpc) is 2.99. The lowest BCUT2D eigenvalue weighted by Gasteiger charge is -2.17. The lowest BCUT2D eigenvalue weighted by Crippen LogP contribution is -2.26. The maximum atomic E-state index is 12.6. The topological polar surface area (TPSA) is 57.6 Å². The molecule has 2 rings (SSSR count). The molecule has 6 heteroatoms. The maximum Gasteiger partial charge on any atom is 0.243 e. The molecular formula is C15H19NO3S2. The molecule has 1 aromatic heterocycles. The summed E-state index contributed by atoms with van der Waals surface area (Å²) in [5.41, 5.74) is 1.64. The SMILES string of the molecule is CCc1ccc(S(=O)(=O)N(C)Cc2cccs2)cc1CO. The third-order valence-corrected chi connectivity index (χ3v) is 6.06. The van der Waals surface area contributed by atoms with Gasteiger partial charge in [0.15, 0.2) is 0 Å². The van der Waals surface area contributed by atoms with Crippen molar-refractivity contribution in [2.45, 2.75) is 31.4 Å². The van der Waals surface area contributed by atoms with Crippen molar-refractivity contribution in [2.75, 3.05) is 7.05 Å². The van der Waals surface area contributed by atoms with Crippen LogP contribution < -0.4 is 0 Å². The summed E-state index contributed by atoms with van der Waals surface area (Å²) >= 11 is 1.53. The molecule has 0 aliphatic carbocycles. The van der Waals surface area contributed by atoms with Crippen LogP contribution in [0.5, 0.6) is 0 Å². The highest BCUT2D eigenvalue weighted by Gasteiger charge is 2.22. The molecule has 0 aliphatic rings. The van der Waals surface area contributed by atoms with E-state index in [-0.39, 0.29) is 11.5 Å². The summed E-state index contributed by atoms with van der Waals surface area (Å²) < 4.78 is 26.5. The van der Waals surface area contributed by atoms with E-state index in [1.54, 1.807) is 25.2 Å². The molecule has 0 unspecified atom stereocenters. The van der Waals surface area contributed by atoms with Crippen LogP contribution in [0.2, 0.25) is 0 Å². The van der Waals surface area contributed by atoms with E-state index in [1.807, 2.05) is 24.4 Å². The van der Waals surface area contributed by atoms with Gasteiger partial charge in [-0.25, -0.2) is 8.42 Å². The van der Waals surface area contributed by atoms with Crippen molar-refractivity contribution in [1.29, 1.82) is 0 Å². The minimum Gasteiger partial charge on any atom is -0.392 e. The Labute approximate surface area is 129 Å². The van der Waals surface area contributed by atoms with Crippen molar-refractivity contribution in [3.63, 3.8) is 0 Å². The molecule has 1 N–H and O–H groups in total. The van der Waals surface area contributed by atoms with Gasteiger partial charge in [-0.15, -0.1) is 11.3 Å². The van der Waals surface area contributed by atoms with Crippen LogP contribution >= 0.6 is 11.3 Å². The van der Waals surface area contributed by atoms with E-state index in [2.05, 4.69) is 0 Å². The Morgan fingerprint density at radius 2 is 2.00 bits per heavy atom. The van der Waals surface area contributed by atoms with E-state index in [1.165, 1.54) is 15.6 Å². The van der Waals surface area contributed by atoms with Gasteiger partial charge in [-0.1, -0.05) is 19.1 Å². The first kappa shape index (κ1) is 16.2. The average molecular weight is 325 g/mol. The lowest BCUT2D eigenvalue weighted by atomic mass is 10.1. The van der Waals surface area contributed by atoms with Crippen molar-refractivity contribution in [2.24, 2.45) is 0 Å². The molecule has 0 aliphatic heterocycles. The largest absolute Gasteiger partial charge is 0.392 e. The molecule has 0 spiro atoms. The van der Waals surface area contributed by atoms with Crippen LogP contribution in [0.1, 0.15) is 22.9 Å². The second-order valence-corrected chi connectivity index (χ2v) is 7.86. The van der Waals surface area contributed by atoms with Gasteiger partial charge in [0, 0.05) is 18.5 Å². The zero-order valence-corrected chi connectivity index (χ0v) is 13.7. The minimum atomic E-state index is -3.54. The molecule has 21 heavy (non-hydrogen) atoms. The van der Waals surface area contributed by atoms with Crippen molar-refractivity contribution >= 4 is 21.4 Å². The zero-order chi connectivity index (χ0) is 15.5. The number of aliphatic hydroxyl groups excluding tert-OH is 1. The number of hydrogen-bond donors (Lipinski definition) is 1. The van der Waals surface area contributed by atoms with Crippen LogP contribution in [0.25, 0.3) is 0 Å². The molecule has 114 valence electrons. The number of sulfonamides is 1. The second kappa shape index (κ2) is 6.70. The summed E-state index contributed by atoms with van der Waals surface area (Å²) in [5.74, 6) is 0. The van der Waals surface area contributed by atoms with Gasteiger partial charge in [0.25, 0.3) is 0 Å². The number of aryl methyl sites for hydroxylation is 1. The molecule has 2 aromatic rings. The number of hydrogen-bond acceptors (Lipinski definition) is 4. The van der Waals surface area contributed by atoms with Gasteiger partial charge in [0.05, 0.1) is 11.5 Å². The summed E-state index contributed by atoms with van der Waals surface area (Å²) in [6, 6.07) is 8.77. The third-order valence-electron chi connectivity index (χ3n) is 3.40. The normalized spacial score (nSPS) is 12.0. The molecule has 0 saturated carbocycles. The van der Waals surface area contributed by atoms with Gasteiger partial charge in [0.2, 0.25) is 10.0 Å². The van der Waals surface area contributed by atoms with Crippen LogP contribution in [0.3, 0.4) is 0 Å².